The number of carbonyl (C=O) groups is 1. The minimum atomic E-state index is -2.46. The Morgan fingerprint density at radius 2 is 2.14 bits per heavy atom. The van der Waals surface area contributed by atoms with E-state index in [0.29, 0.717) is 22.2 Å². The first-order valence-electron chi connectivity index (χ1n) is 6.91. The monoisotopic (exact) mass is 315 g/mol. The maximum Gasteiger partial charge on any atom is 0.288 e. The van der Waals surface area contributed by atoms with Crippen LogP contribution in [0.2, 0.25) is 0 Å². The highest BCUT2D eigenvalue weighted by Crippen LogP contribution is 2.37. The lowest BCUT2D eigenvalue weighted by molar-refractivity contribution is 0.0830. The zero-order chi connectivity index (χ0) is 15.5. The molecule has 21 heavy (non-hydrogen) atoms. The summed E-state index contributed by atoms with van der Waals surface area (Å²) >= 11 is 0.457. The Balaban J connectivity index is 2.00. The second-order valence-electron chi connectivity index (χ2n) is 5.63. The van der Waals surface area contributed by atoms with Crippen LogP contribution in [0.4, 0.5) is 8.78 Å². The number of alkyl halides is 2. The molecule has 0 aromatic heterocycles. The topological polar surface area (TPSA) is 49.3 Å². The van der Waals surface area contributed by atoms with Gasteiger partial charge in [0.2, 0.25) is 0 Å². The van der Waals surface area contributed by atoms with Crippen molar-refractivity contribution in [3.8, 4) is 0 Å². The number of carbonyl (C=O) groups excluding carboxylic acids is 1. The molecule has 0 radical (unpaired) electrons. The van der Waals surface area contributed by atoms with Crippen molar-refractivity contribution >= 4 is 17.7 Å². The highest BCUT2D eigenvalue weighted by atomic mass is 32.2. The van der Waals surface area contributed by atoms with Crippen LogP contribution in [0, 0.1) is 5.41 Å². The zero-order valence-electron chi connectivity index (χ0n) is 11.8. The number of aliphatic hydroxyl groups excluding tert-OH is 1. The van der Waals surface area contributed by atoms with Gasteiger partial charge < -0.3 is 10.4 Å². The molecule has 0 aliphatic heterocycles. The summed E-state index contributed by atoms with van der Waals surface area (Å²) in [6.07, 6.45) is 2.71. The number of aliphatic hydroxyl groups is 1. The fraction of sp³-hybridized carbons (Fsp3) is 0.533. The molecule has 1 saturated carbocycles. The summed E-state index contributed by atoms with van der Waals surface area (Å²) in [5.74, 6) is -2.69. The number of nitrogens with one attached hydrogen (secondary N) is 1. The van der Waals surface area contributed by atoms with Crippen LogP contribution in [0.5, 0.6) is 0 Å². The minimum Gasteiger partial charge on any atom is -0.396 e. The van der Waals surface area contributed by atoms with E-state index in [4.69, 9.17) is 0 Å². The summed E-state index contributed by atoms with van der Waals surface area (Å²) in [6, 6.07) is 6.08. The van der Waals surface area contributed by atoms with Gasteiger partial charge in [-0.1, -0.05) is 25.1 Å². The minimum absolute atomic E-state index is 0.0436. The first-order valence-corrected chi connectivity index (χ1v) is 7.79. The Hall–Kier alpha value is -1.14. The van der Waals surface area contributed by atoms with Gasteiger partial charge in [0.1, 0.15) is 0 Å². The largest absolute Gasteiger partial charge is 0.396 e. The molecule has 2 N–H and O–H groups in total. The summed E-state index contributed by atoms with van der Waals surface area (Å²) in [5, 5.41) is 12.4. The number of benzene rings is 1. The van der Waals surface area contributed by atoms with Crippen LogP contribution < -0.4 is 5.32 Å². The molecule has 2 atom stereocenters. The van der Waals surface area contributed by atoms with Crippen LogP contribution in [0.25, 0.3) is 0 Å². The molecule has 2 rings (SSSR count). The molecule has 3 nitrogen and oxygen atoms in total. The van der Waals surface area contributed by atoms with Crippen LogP contribution in [-0.4, -0.2) is 29.4 Å². The average molecular weight is 315 g/mol. The molecule has 116 valence electrons. The number of halogens is 2. The lowest BCUT2D eigenvalue weighted by Gasteiger charge is -2.30. The third kappa shape index (κ3) is 3.95. The molecule has 0 bridgehead atoms. The molecule has 1 aliphatic rings. The number of hydrogen-bond acceptors (Lipinski definition) is 3. The SMILES string of the molecule is CC1(CO)CCCC1NC(=O)c1ccc(SC(F)F)cc1. The van der Waals surface area contributed by atoms with Crippen molar-refractivity contribution < 1.29 is 18.7 Å². The molecule has 0 heterocycles. The van der Waals surface area contributed by atoms with Crippen LogP contribution in [0.3, 0.4) is 0 Å². The molecule has 1 amide bonds. The second-order valence-corrected chi connectivity index (χ2v) is 6.70. The molecule has 0 spiro atoms. The second kappa shape index (κ2) is 6.75. The van der Waals surface area contributed by atoms with E-state index in [1.807, 2.05) is 6.92 Å². The fourth-order valence-electron chi connectivity index (χ4n) is 2.70. The molecular formula is C15H19F2NO2S. The average Bonchev–Trinajstić information content (AvgIpc) is 2.81. The Bertz CT molecular complexity index is 495. The predicted octanol–water partition coefficient (Wildman–Crippen LogP) is 3.28. The van der Waals surface area contributed by atoms with Gasteiger partial charge in [0, 0.05) is 21.9 Å². The Morgan fingerprint density at radius 1 is 1.48 bits per heavy atom. The molecule has 6 heteroatoms. The van der Waals surface area contributed by atoms with Gasteiger partial charge in [0.15, 0.2) is 0 Å². The molecule has 1 fully saturated rings. The standard InChI is InChI=1S/C15H19F2NO2S/c1-15(9-19)8-2-3-12(15)18-13(20)10-4-6-11(7-5-10)21-14(16)17/h4-7,12,14,19H,2-3,8-9H2,1H3,(H,18,20). The third-order valence-electron chi connectivity index (χ3n) is 4.09. The summed E-state index contributed by atoms with van der Waals surface area (Å²) < 4.78 is 24.5. The number of hydrogen-bond donors (Lipinski definition) is 2. The van der Waals surface area contributed by atoms with Gasteiger partial charge in [-0.15, -0.1) is 0 Å². The van der Waals surface area contributed by atoms with E-state index in [9.17, 15) is 18.7 Å². The number of rotatable bonds is 5. The van der Waals surface area contributed by atoms with E-state index in [1.165, 1.54) is 12.1 Å². The lowest BCUT2D eigenvalue weighted by atomic mass is 9.85. The summed E-state index contributed by atoms with van der Waals surface area (Å²) in [4.78, 5) is 12.6. The van der Waals surface area contributed by atoms with Crippen molar-refractivity contribution in [2.45, 2.75) is 42.9 Å². The quantitative estimate of drug-likeness (QED) is 0.820. The van der Waals surface area contributed by atoms with E-state index >= 15 is 0 Å². The predicted molar refractivity (Wildman–Crippen MR) is 78.6 cm³/mol. The molecule has 2 unspecified atom stereocenters. The smallest absolute Gasteiger partial charge is 0.288 e. The normalized spacial score (nSPS) is 25.3. The van der Waals surface area contributed by atoms with Gasteiger partial charge in [-0.05, 0) is 37.1 Å². The van der Waals surface area contributed by atoms with Crippen molar-refractivity contribution in [1.82, 2.24) is 5.32 Å². The fourth-order valence-corrected chi connectivity index (χ4v) is 3.20. The first-order chi connectivity index (χ1) is 9.94. The molecular weight excluding hydrogens is 296 g/mol. The maximum atomic E-state index is 12.2. The van der Waals surface area contributed by atoms with Gasteiger partial charge in [-0.3, -0.25) is 4.79 Å². The van der Waals surface area contributed by atoms with Crippen molar-refractivity contribution in [2.24, 2.45) is 5.41 Å². The zero-order valence-corrected chi connectivity index (χ0v) is 12.6. The van der Waals surface area contributed by atoms with E-state index in [1.54, 1.807) is 12.1 Å². The van der Waals surface area contributed by atoms with E-state index in [-0.39, 0.29) is 24.0 Å². The number of amides is 1. The highest BCUT2D eigenvalue weighted by molar-refractivity contribution is 7.99. The number of thioether (sulfide) groups is 1. The Morgan fingerprint density at radius 3 is 2.71 bits per heavy atom. The van der Waals surface area contributed by atoms with Crippen molar-refractivity contribution in [2.75, 3.05) is 6.61 Å². The van der Waals surface area contributed by atoms with Crippen LogP contribution in [-0.2, 0) is 0 Å². The van der Waals surface area contributed by atoms with Crippen LogP contribution in [0.15, 0.2) is 29.2 Å². The van der Waals surface area contributed by atoms with Gasteiger partial charge in [0.25, 0.3) is 11.7 Å². The first kappa shape index (κ1) is 16.2. The van der Waals surface area contributed by atoms with Crippen molar-refractivity contribution in [3.05, 3.63) is 29.8 Å². The molecule has 1 aromatic rings. The van der Waals surface area contributed by atoms with E-state index in [2.05, 4.69) is 5.32 Å². The molecule has 1 aromatic carbocycles. The highest BCUT2D eigenvalue weighted by Gasteiger charge is 2.39. The summed E-state index contributed by atoms with van der Waals surface area (Å²) in [7, 11) is 0. The maximum absolute atomic E-state index is 12.2. The Kier molecular flexibility index (Phi) is 5.22. The van der Waals surface area contributed by atoms with Gasteiger partial charge in [0.05, 0.1) is 6.61 Å². The van der Waals surface area contributed by atoms with Crippen LogP contribution >= 0.6 is 11.8 Å². The Labute approximate surface area is 127 Å². The molecule has 0 saturated heterocycles. The summed E-state index contributed by atoms with van der Waals surface area (Å²) in [6.45, 7) is 2.01. The van der Waals surface area contributed by atoms with E-state index < -0.39 is 5.76 Å². The van der Waals surface area contributed by atoms with Crippen LogP contribution in [0.1, 0.15) is 36.5 Å². The van der Waals surface area contributed by atoms with E-state index in [0.717, 1.165) is 19.3 Å². The van der Waals surface area contributed by atoms with Gasteiger partial charge in [-0.25, -0.2) is 0 Å². The lowest BCUT2D eigenvalue weighted by Crippen LogP contribution is -2.44. The van der Waals surface area contributed by atoms with Gasteiger partial charge in [-0.2, -0.15) is 8.78 Å². The van der Waals surface area contributed by atoms with Gasteiger partial charge >= 0.3 is 0 Å². The molecule has 1 aliphatic carbocycles. The van der Waals surface area contributed by atoms with Crippen molar-refractivity contribution in [1.29, 1.82) is 0 Å². The van der Waals surface area contributed by atoms with Crippen molar-refractivity contribution in [3.63, 3.8) is 0 Å². The third-order valence-corrected chi connectivity index (χ3v) is 4.81. The summed E-state index contributed by atoms with van der Waals surface area (Å²) in [5.41, 5.74) is 0.169.